The zero-order valence-corrected chi connectivity index (χ0v) is 15.2. The zero-order chi connectivity index (χ0) is 16.5. The minimum Gasteiger partial charge on any atom is -0.354 e. The van der Waals surface area contributed by atoms with Crippen molar-refractivity contribution in [3.63, 3.8) is 0 Å². The van der Waals surface area contributed by atoms with Crippen molar-refractivity contribution in [3.8, 4) is 0 Å². The molecule has 3 nitrogen and oxygen atoms in total. The van der Waals surface area contributed by atoms with Gasteiger partial charge < -0.3 is 11.1 Å². The molecule has 0 aliphatic carbocycles. The predicted octanol–water partition coefficient (Wildman–Crippen LogP) is 4.11. The first-order chi connectivity index (χ1) is 9.66. The van der Waals surface area contributed by atoms with E-state index in [0.717, 1.165) is 25.2 Å². The summed E-state index contributed by atoms with van der Waals surface area (Å²) >= 11 is 0. The highest BCUT2D eigenvalue weighted by atomic mass is 16.1. The van der Waals surface area contributed by atoms with Crippen LogP contribution >= 0.6 is 0 Å². The number of carbonyl (C=O) groups excluding carboxylic acids is 1. The van der Waals surface area contributed by atoms with E-state index in [4.69, 9.17) is 5.73 Å². The molecule has 2 atom stereocenters. The summed E-state index contributed by atoms with van der Waals surface area (Å²) in [6, 6.07) is 0.291. The number of amides is 1. The summed E-state index contributed by atoms with van der Waals surface area (Å²) < 4.78 is 0. The number of hydrogen-bond donors (Lipinski definition) is 2. The molecular formula is C18H38N2O. The second-order valence-electron chi connectivity index (χ2n) is 7.97. The van der Waals surface area contributed by atoms with E-state index < -0.39 is 0 Å². The van der Waals surface area contributed by atoms with Crippen molar-refractivity contribution >= 4 is 5.91 Å². The van der Waals surface area contributed by atoms with E-state index in [1.165, 1.54) is 12.8 Å². The Balaban J connectivity index is 4.01. The van der Waals surface area contributed by atoms with E-state index >= 15 is 0 Å². The summed E-state index contributed by atoms with van der Waals surface area (Å²) in [7, 11) is 0. The lowest BCUT2D eigenvalue weighted by Gasteiger charge is -2.30. The number of hydrogen-bond acceptors (Lipinski definition) is 2. The molecule has 0 spiro atoms. The normalized spacial score (nSPS) is 15.0. The predicted molar refractivity (Wildman–Crippen MR) is 92.1 cm³/mol. The van der Waals surface area contributed by atoms with Crippen molar-refractivity contribution in [2.24, 2.45) is 23.0 Å². The maximum absolute atomic E-state index is 12.0. The molecule has 0 aromatic heterocycles. The Morgan fingerprint density at radius 3 is 2.14 bits per heavy atom. The Bertz CT molecular complexity index is 281. The van der Waals surface area contributed by atoms with Crippen LogP contribution in [0.25, 0.3) is 0 Å². The van der Waals surface area contributed by atoms with E-state index in [-0.39, 0.29) is 11.3 Å². The minimum absolute atomic E-state index is 0.193. The first kappa shape index (κ1) is 20.4. The summed E-state index contributed by atoms with van der Waals surface area (Å²) in [5.41, 5.74) is 5.92. The molecule has 3 heteroatoms. The quantitative estimate of drug-likeness (QED) is 0.637. The van der Waals surface area contributed by atoms with Gasteiger partial charge in [-0.05, 0) is 50.0 Å². The molecule has 0 rings (SSSR count). The Hall–Kier alpha value is -0.570. The molecule has 0 bridgehead atoms. The molecule has 2 unspecified atom stereocenters. The summed E-state index contributed by atoms with van der Waals surface area (Å²) in [5.74, 6) is 1.46. The lowest BCUT2D eigenvalue weighted by atomic mass is 9.76. The zero-order valence-electron chi connectivity index (χ0n) is 15.2. The highest BCUT2D eigenvalue weighted by Crippen LogP contribution is 2.32. The summed E-state index contributed by atoms with van der Waals surface area (Å²) in [5, 5.41) is 3.13. The first-order valence-electron chi connectivity index (χ1n) is 8.66. The molecule has 3 N–H and O–H groups in total. The van der Waals surface area contributed by atoms with Crippen LogP contribution in [0.1, 0.15) is 80.1 Å². The van der Waals surface area contributed by atoms with E-state index in [0.29, 0.717) is 24.9 Å². The molecule has 0 aliphatic heterocycles. The van der Waals surface area contributed by atoms with Crippen LogP contribution < -0.4 is 11.1 Å². The Morgan fingerprint density at radius 2 is 1.67 bits per heavy atom. The fraction of sp³-hybridized carbons (Fsp3) is 0.944. The third kappa shape index (κ3) is 10.8. The van der Waals surface area contributed by atoms with Gasteiger partial charge in [-0.15, -0.1) is 0 Å². The smallest absolute Gasteiger partial charge is 0.220 e. The molecule has 0 saturated heterocycles. The number of nitrogens with two attached hydrogens (primary N) is 1. The molecule has 0 heterocycles. The van der Waals surface area contributed by atoms with Crippen LogP contribution in [0, 0.1) is 17.3 Å². The fourth-order valence-electron chi connectivity index (χ4n) is 2.77. The average molecular weight is 299 g/mol. The van der Waals surface area contributed by atoms with Gasteiger partial charge in [0, 0.05) is 12.5 Å². The van der Waals surface area contributed by atoms with Crippen molar-refractivity contribution < 1.29 is 4.79 Å². The van der Waals surface area contributed by atoms with Crippen molar-refractivity contribution in [2.75, 3.05) is 6.54 Å². The van der Waals surface area contributed by atoms with Crippen molar-refractivity contribution in [1.29, 1.82) is 0 Å². The van der Waals surface area contributed by atoms with Gasteiger partial charge in [0.15, 0.2) is 0 Å². The van der Waals surface area contributed by atoms with Gasteiger partial charge >= 0.3 is 0 Å². The van der Waals surface area contributed by atoms with E-state index in [9.17, 15) is 4.79 Å². The van der Waals surface area contributed by atoms with Gasteiger partial charge in [0.25, 0.3) is 0 Å². The van der Waals surface area contributed by atoms with Crippen LogP contribution in [0.4, 0.5) is 0 Å². The Kier molecular flexibility index (Phi) is 9.93. The Morgan fingerprint density at radius 1 is 1.05 bits per heavy atom. The maximum Gasteiger partial charge on any atom is 0.220 e. The van der Waals surface area contributed by atoms with E-state index in [1.54, 1.807) is 0 Å². The molecule has 21 heavy (non-hydrogen) atoms. The summed E-state index contributed by atoms with van der Waals surface area (Å²) in [6.07, 6.45) is 6.07. The maximum atomic E-state index is 12.0. The minimum atomic E-state index is 0.193. The molecule has 0 aliphatic rings. The molecule has 0 aromatic carbocycles. The molecule has 126 valence electrons. The van der Waals surface area contributed by atoms with Crippen LogP contribution in [-0.4, -0.2) is 18.5 Å². The molecular weight excluding hydrogens is 260 g/mol. The molecule has 0 radical (unpaired) electrons. The van der Waals surface area contributed by atoms with Gasteiger partial charge in [-0.3, -0.25) is 4.79 Å². The number of rotatable bonds is 10. The second-order valence-corrected chi connectivity index (χ2v) is 7.97. The highest BCUT2D eigenvalue weighted by Gasteiger charge is 2.24. The number of nitrogens with one attached hydrogen (secondary N) is 1. The van der Waals surface area contributed by atoms with Crippen molar-refractivity contribution in [1.82, 2.24) is 5.32 Å². The van der Waals surface area contributed by atoms with Crippen LogP contribution in [0.2, 0.25) is 0 Å². The number of carbonyl (C=O) groups is 1. The standard InChI is InChI=1S/C18H38N2O/c1-14(2)8-7-9-15(3)20-17(21)11-10-16(12-13-19)18(4,5)6/h14-16H,7-13,19H2,1-6H3,(H,20,21). The topological polar surface area (TPSA) is 55.1 Å². The average Bonchev–Trinajstić information content (AvgIpc) is 2.32. The Labute approximate surface area is 132 Å². The summed E-state index contributed by atoms with van der Waals surface area (Å²) in [4.78, 5) is 12.0. The van der Waals surface area contributed by atoms with Crippen molar-refractivity contribution in [2.45, 2.75) is 86.1 Å². The van der Waals surface area contributed by atoms with Gasteiger partial charge in [-0.2, -0.15) is 0 Å². The molecule has 0 saturated carbocycles. The molecule has 0 aromatic rings. The molecule has 0 fully saturated rings. The van der Waals surface area contributed by atoms with Gasteiger partial charge in [-0.1, -0.05) is 47.5 Å². The van der Waals surface area contributed by atoms with Crippen LogP contribution in [-0.2, 0) is 4.79 Å². The monoisotopic (exact) mass is 298 g/mol. The third-order valence-electron chi connectivity index (χ3n) is 4.29. The fourth-order valence-corrected chi connectivity index (χ4v) is 2.77. The van der Waals surface area contributed by atoms with E-state index in [2.05, 4.69) is 46.9 Å². The lowest BCUT2D eigenvalue weighted by molar-refractivity contribution is -0.122. The van der Waals surface area contributed by atoms with Gasteiger partial charge in [0.1, 0.15) is 0 Å². The van der Waals surface area contributed by atoms with Gasteiger partial charge in [0.05, 0.1) is 0 Å². The van der Waals surface area contributed by atoms with Crippen LogP contribution in [0.5, 0.6) is 0 Å². The van der Waals surface area contributed by atoms with Gasteiger partial charge in [-0.25, -0.2) is 0 Å². The molecule has 1 amide bonds. The van der Waals surface area contributed by atoms with E-state index in [1.807, 2.05) is 0 Å². The SMILES string of the molecule is CC(C)CCCC(C)NC(=O)CCC(CCN)C(C)(C)C. The van der Waals surface area contributed by atoms with Crippen LogP contribution in [0.3, 0.4) is 0 Å². The van der Waals surface area contributed by atoms with Crippen molar-refractivity contribution in [3.05, 3.63) is 0 Å². The first-order valence-corrected chi connectivity index (χ1v) is 8.66. The summed E-state index contributed by atoms with van der Waals surface area (Å²) in [6.45, 7) is 14.0. The van der Waals surface area contributed by atoms with Crippen LogP contribution in [0.15, 0.2) is 0 Å². The van der Waals surface area contributed by atoms with Gasteiger partial charge in [0.2, 0.25) is 5.91 Å². The lowest BCUT2D eigenvalue weighted by Crippen LogP contribution is -2.33. The highest BCUT2D eigenvalue weighted by molar-refractivity contribution is 5.76. The third-order valence-corrected chi connectivity index (χ3v) is 4.29. The largest absolute Gasteiger partial charge is 0.354 e. The second kappa shape index (κ2) is 10.2.